The number of likely N-dealkylation sites (tertiary alicyclic amines) is 1. The number of rotatable bonds is 5. The number of hydrogen-bond donors (Lipinski definition) is 0. The Labute approximate surface area is 174 Å². The molecule has 1 aromatic heterocycles. The molecule has 0 N–H and O–H groups in total. The maximum atomic E-state index is 5.50. The summed E-state index contributed by atoms with van der Waals surface area (Å²) >= 11 is 2.00. The van der Waals surface area contributed by atoms with E-state index in [0.717, 1.165) is 30.2 Å². The van der Waals surface area contributed by atoms with Crippen LogP contribution < -0.4 is 9.47 Å². The molecule has 1 saturated heterocycles. The molecule has 7 heteroatoms. The van der Waals surface area contributed by atoms with Gasteiger partial charge in [-0.05, 0) is 63.2 Å². The van der Waals surface area contributed by atoms with Crippen molar-refractivity contribution in [3.8, 4) is 22.9 Å². The second-order valence-electron chi connectivity index (χ2n) is 7.49. The summed E-state index contributed by atoms with van der Waals surface area (Å²) in [4.78, 5) is 8.34. The Morgan fingerprint density at radius 3 is 2.79 bits per heavy atom. The fourth-order valence-corrected chi connectivity index (χ4v) is 4.97. The summed E-state index contributed by atoms with van der Waals surface area (Å²) in [6.07, 6.45) is 2.34. The number of aromatic nitrogens is 2. The van der Waals surface area contributed by atoms with Crippen LogP contribution in [0.4, 0.5) is 0 Å². The maximum Gasteiger partial charge on any atom is 0.241 e. The van der Waals surface area contributed by atoms with Crippen LogP contribution in [-0.2, 0) is 6.54 Å². The van der Waals surface area contributed by atoms with Gasteiger partial charge < -0.3 is 14.0 Å². The Hall–Kier alpha value is -2.51. The number of thioether (sulfide) groups is 1. The van der Waals surface area contributed by atoms with Crippen molar-refractivity contribution in [1.82, 2.24) is 15.0 Å². The minimum absolute atomic E-state index is 0.258. The van der Waals surface area contributed by atoms with Crippen LogP contribution in [0.2, 0.25) is 0 Å². The van der Waals surface area contributed by atoms with Crippen LogP contribution in [0.3, 0.4) is 0 Å². The van der Waals surface area contributed by atoms with Gasteiger partial charge >= 0.3 is 0 Å². The molecule has 29 heavy (non-hydrogen) atoms. The molecule has 0 spiro atoms. The first-order valence-electron chi connectivity index (χ1n) is 9.91. The molecule has 5 rings (SSSR count). The molecule has 2 aromatic carbocycles. The second-order valence-corrected chi connectivity index (χ2v) is 8.86. The van der Waals surface area contributed by atoms with Gasteiger partial charge in [-0.25, -0.2) is 0 Å². The van der Waals surface area contributed by atoms with Crippen molar-refractivity contribution < 1.29 is 14.0 Å². The van der Waals surface area contributed by atoms with E-state index in [1.165, 1.54) is 23.3 Å². The Kier molecular flexibility index (Phi) is 5.16. The summed E-state index contributed by atoms with van der Waals surface area (Å²) < 4.78 is 16.3. The molecule has 0 bridgehead atoms. The van der Waals surface area contributed by atoms with Gasteiger partial charge in [-0.15, -0.1) is 11.8 Å². The van der Waals surface area contributed by atoms with Gasteiger partial charge in [-0.2, -0.15) is 4.98 Å². The lowest BCUT2D eigenvalue weighted by molar-refractivity contribution is 0.174. The van der Waals surface area contributed by atoms with Crippen molar-refractivity contribution in [2.75, 3.05) is 19.9 Å². The molecule has 1 fully saturated rings. The van der Waals surface area contributed by atoms with Gasteiger partial charge in [0.25, 0.3) is 0 Å². The van der Waals surface area contributed by atoms with E-state index in [0.29, 0.717) is 23.5 Å². The van der Waals surface area contributed by atoms with E-state index in [-0.39, 0.29) is 6.79 Å². The minimum atomic E-state index is 0.258. The second kappa shape index (κ2) is 8.08. The summed E-state index contributed by atoms with van der Waals surface area (Å²) in [6, 6.07) is 14.5. The fourth-order valence-electron chi connectivity index (χ4n) is 3.73. The summed E-state index contributed by atoms with van der Waals surface area (Å²) in [5.74, 6) is 2.72. The highest BCUT2D eigenvalue weighted by Crippen LogP contribution is 2.35. The summed E-state index contributed by atoms with van der Waals surface area (Å²) in [6.45, 7) is 5.19. The SMILES string of the molecule is Cc1cccc(SC2CCN(Cc3nc(-c4ccc5c(c4)OCO5)no3)CC2)c1. The molecule has 0 unspecified atom stereocenters. The number of hydrogen-bond acceptors (Lipinski definition) is 7. The quantitative estimate of drug-likeness (QED) is 0.613. The standard InChI is InChI=1S/C22H23N3O3S/c1-15-3-2-4-18(11-15)29-17-7-9-25(10-8-17)13-21-23-22(24-28-21)16-5-6-19-20(12-16)27-14-26-19/h2-6,11-12,17H,7-10,13-14H2,1H3. The number of fused-ring (bicyclic) bond motifs is 1. The zero-order chi connectivity index (χ0) is 19.6. The molecule has 0 atom stereocenters. The van der Waals surface area contributed by atoms with E-state index >= 15 is 0 Å². The number of aryl methyl sites for hydroxylation is 1. The third kappa shape index (κ3) is 4.26. The molecule has 3 heterocycles. The first kappa shape index (κ1) is 18.5. The normalized spacial score (nSPS) is 17.0. The molecule has 2 aliphatic rings. The monoisotopic (exact) mass is 409 g/mol. The van der Waals surface area contributed by atoms with Gasteiger partial charge in [-0.1, -0.05) is 22.9 Å². The zero-order valence-corrected chi connectivity index (χ0v) is 17.2. The van der Waals surface area contributed by atoms with Crippen molar-refractivity contribution in [2.45, 2.75) is 36.5 Å². The highest BCUT2D eigenvalue weighted by molar-refractivity contribution is 8.00. The molecule has 6 nitrogen and oxygen atoms in total. The van der Waals surface area contributed by atoms with E-state index in [2.05, 4.69) is 46.2 Å². The van der Waals surface area contributed by atoms with Crippen LogP contribution >= 0.6 is 11.8 Å². The number of piperidine rings is 1. The summed E-state index contributed by atoms with van der Waals surface area (Å²) in [7, 11) is 0. The highest BCUT2D eigenvalue weighted by atomic mass is 32.2. The molecule has 0 amide bonds. The van der Waals surface area contributed by atoms with E-state index in [4.69, 9.17) is 14.0 Å². The van der Waals surface area contributed by atoms with Crippen LogP contribution in [0.5, 0.6) is 11.5 Å². The Balaban J connectivity index is 1.16. The van der Waals surface area contributed by atoms with E-state index in [1.54, 1.807) is 0 Å². The van der Waals surface area contributed by atoms with Gasteiger partial charge in [0.1, 0.15) is 0 Å². The van der Waals surface area contributed by atoms with Gasteiger partial charge in [0.05, 0.1) is 6.54 Å². The van der Waals surface area contributed by atoms with E-state index in [9.17, 15) is 0 Å². The number of ether oxygens (including phenoxy) is 2. The Morgan fingerprint density at radius 1 is 1.07 bits per heavy atom. The maximum absolute atomic E-state index is 5.50. The number of nitrogens with zero attached hydrogens (tertiary/aromatic N) is 3. The van der Waals surface area contributed by atoms with Crippen LogP contribution in [0.15, 0.2) is 51.9 Å². The molecule has 0 aliphatic carbocycles. The molecular formula is C22H23N3O3S. The lowest BCUT2D eigenvalue weighted by Crippen LogP contribution is -2.34. The molecule has 3 aromatic rings. The van der Waals surface area contributed by atoms with Crippen molar-refractivity contribution >= 4 is 11.8 Å². The van der Waals surface area contributed by atoms with Crippen molar-refractivity contribution in [3.63, 3.8) is 0 Å². The van der Waals surface area contributed by atoms with Crippen LogP contribution in [0.1, 0.15) is 24.3 Å². The topological polar surface area (TPSA) is 60.6 Å². The van der Waals surface area contributed by atoms with Crippen LogP contribution in [0, 0.1) is 6.92 Å². The smallest absolute Gasteiger partial charge is 0.241 e. The van der Waals surface area contributed by atoms with E-state index < -0.39 is 0 Å². The van der Waals surface area contributed by atoms with Gasteiger partial charge in [0.2, 0.25) is 18.5 Å². The Bertz CT molecular complexity index is 998. The third-order valence-electron chi connectivity index (χ3n) is 5.28. The number of benzene rings is 2. The van der Waals surface area contributed by atoms with Crippen LogP contribution in [0.25, 0.3) is 11.4 Å². The first-order chi connectivity index (χ1) is 14.2. The first-order valence-corrected chi connectivity index (χ1v) is 10.8. The van der Waals surface area contributed by atoms with Crippen LogP contribution in [-0.4, -0.2) is 40.2 Å². The predicted octanol–water partition coefficient (Wildman–Crippen LogP) is 4.53. The summed E-state index contributed by atoms with van der Waals surface area (Å²) in [5, 5.41) is 4.81. The van der Waals surface area contributed by atoms with E-state index in [1.807, 2.05) is 30.0 Å². The lowest BCUT2D eigenvalue weighted by Gasteiger charge is -2.30. The molecule has 0 saturated carbocycles. The minimum Gasteiger partial charge on any atom is -0.454 e. The predicted molar refractivity (Wildman–Crippen MR) is 111 cm³/mol. The lowest BCUT2D eigenvalue weighted by atomic mass is 10.1. The fraction of sp³-hybridized carbons (Fsp3) is 0.364. The molecule has 2 aliphatic heterocycles. The average molecular weight is 410 g/mol. The Morgan fingerprint density at radius 2 is 1.93 bits per heavy atom. The third-order valence-corrected chi connectivity index (χ3v) is 6.62. The van der Waals surface area contributed by atoms with Crippen molar-refractivity contribution in [3.05, 3.63) is 53.9 Å². The molecule has 0 radical (unpaired) electrons. The molecular weight excluding hydrogens is 386 g/mol. The highest BCUT2D eigenvalue weighted by Gasteiger charge is 2.22. The largest absolute Gasteiger partial charge is 0.454 e. The van der Waals surface area contributed by atoms with Gasteiger partial charge in [-0.3, -0.25) is 4.90 Å². The van der Waals surface area contributed by atoms with Crippen molar-refractivity contribution in [2.24, 2.45) is 0 Å². The molecule has 150 valence electrons. The summed E-state index contributed by atoms with van der Waals surface area (Å²) in [5.41, 5.74) is 2.19. The van der Waals surface area contributed by atoms with Crippen molar-refractivity contribution in [1.29, 1.82) is 0 Å². The average Bonchev–Trinajstić information content (AvgIpc) is 3.38. The van der Waals surface area contributed by atoms with Gasteiger partial charge in [0.15, 0.2) is 11.5 Å². The zero-order valence-electron chi connectivity index (χ0n) is 16.3. The van der Waals surface area contributed by atoms with Gasteiger partial charge in [0, 0.05) is 15.7 Å².